The van der Waals surface area contributed by atoms with Gasteiger partial charge < -0.3 is 9.88 Å². The van der Waals surface area contributed by atoms with Crippen LogP contribution in [-0.2, 0) is 11.2 Å². The molecule has 3 aromatic heterocycles. The van der Waals surface area contributed by atoms with Crippen molar-refractivity contribution < 1.29 is 4.79 Å². The first-order chi connectivity index (χ1) is 13.2. The second-order valence-corrected chi connectivity index (χ2v) is 7.18. The van der Waals surface area contributed by atoms with Crippen LogP contribution in [0.5, 0.6) is 0 Å². The molecule has 136 valence electrons. The normalized spacial score (nSPS) is 17.2. The van der Waals surface area contributed by atoms with Gasteiger partial charge in [-0.3, -0.25) is 9.20 Å². The lowest BCUT2D eigenvalue weighted by Gasteiger charge is -2.23. The summed E-state index contributed by atoms with van der Waals surface area (Å²) in [5.74, 6) is 1.00. The van der Waals surface area contributed by atoms with Crippen LogP contribution < -0.4 is 0 Å². The number of aromatic nitrogens is 4. The molecular weight excluding hydrogens is 338 g/mol. The molecule has 6 nitrogen and oxygen atoms in total. The van der Waals surface area contributed by atoms with E-state index in [0.29, 0.717) is 6.42 Å². The van der Waals surface area contributed by atoms with Crippen LogP contribution in [0.4, 0.5) is 0 Å². The third-order valence-electron chi connectivity index (χ3n) is 5.57. The second-order valence-electron chi connectivity index (χ2n) is 7.18. The quantitative estimate of drug-likeness (QED) is 0.609. The van der Waals surface area contributed by atoms with E-state index in [-0.39, 0.29) is 11.9 Å². The van der Waals surface area contributed by atoms with Gasteiger partial charge in [-0.15, -0.1) is 10.2 Å². The minimum atomic E-state index is -0.0135. The molecule has 0 radical (unpaired) electrons. The van der Waals surface area contributed by atoms with E-state index >= 15 is 0 Å². The maximum Gasteiger partial charge on any atom is 0.227 e. The summed E-state index contributed by atoms with van der Waals surface area (Å²) in [5, 5.41) is 9.78. The van der Waals surface area contributed by atoms with Gasteiger partial charge in [0.2, 0.25) is 5.91 Å². The summed E-state index contributed by atoms with van der Waals surface area (Å²) in [4.78, 5) is 18.6. The van der Waals surface area contributed by atoms with Crippen molar-refractivity contribution in [2.45, 2.75) is 32.2 Å². The summed E-state index contributed by atoms with van der Waals surface area (Å²) in [6, 6.07) is 14.0. The van der Waals surface area contributed by atoms with Gasteiger partial charge in [0.25, 0.3) is 0 Å². The number of aryl methyl sites for hydroxylation is 1. The van der Waals surface area contributed by atoms with E-state index in [9.17, 15) is 4.79 Å². The van der Waals surface area contributed by atoms with Gasteiger partial charge in [0.15, 0.2) is 11.5 Å². The first kappa shape index (κ1) is 16.1. The number of hydrogen-bond donors (Lipinski definition) is 1. The molecule has 6 heteroatoms. The molecule has 5 rings (SSSR count). The van der Waals surface area contributed by atoms with Crippen LogP contribution in [-0.4, -0.2) is 36.9 Å². The highest BCUT2D eigenvalue weighted by Crippen LogP contribution is 2.32. The number of carbonyl (C=O) groups excluding carboxylic acids is 1. The number of nitrogens with zero attached hydrogens (tertiary/aromatic N) is 4. The van der Waals surface area contributed by atoms with E-state index in [2.05, 4.69) is 27.3 Å². The number of carbonyl (C=O) groups is 1. The van der Waals surface area contributed by atoms with Crippen molar-refractivity contribution in [2.24, 2.45) is 0 Å². The molecule has 1 atom stereocenters. The van der Waals surface area contributed by atoms with Crippen molar-refractivity contribution in [1.29, 1.82) is 0 Å². The molecule has 1 aliphatic heterocycles. The van der Waals surface area contributed by atoms with Gasteiger partial charge in [-0.1, -0.05) is 24.3 Å². The maximum atomic E-state index is 13.2. The molecule has 0 bridgehead atoms. The molecule has 1 N–H and O–H groups in total. The number of nitrogens with one attached hydrogen (secondary N) is 1. The number of hydrogen-bond acceptors (Lipinski definition) is 3. The minimum Gasteiger partial charge on any atom is -0.358 e. The lowest BCUT2D eigenvalue weighted by Crippen LogP contribution is -2.32. The van der Waals surface area contributed by atoms with Crippen LogP contribution in [0, 0.1) is 6.92 Å². The molecule has 0 saturated carbocycles. The Bertz CT molecular complexity index is 1140. The maximum absolute atomic E-state index is 13.2. The van der Waals surface area contributed by atoms with E-state index in [1.54, 1.807) is 0 Å². The largest absolute Gasteiger partial charge is 0.358 e. The number of para-hydroxylation sites is 1. The molecule has 1 amide bonds. The monoisotopic (exact) mass is 359 g/mol. The third-order valence-corrected chi connectivity index (χ3v) is 5.57. The standard InChI is InChI=1S/C21H21N5O/c1-14-16(15-7-2-3-8-17(15)22-14)13-20(27)25-12-6-9-18(25)21-24-23-19-10-4-5-11-26(19)21/h2-5,7-8,10-11,18,22H,6,9,12-13H2,1H3. The van der Waals surface area contributed by atoms with E-state index in [4.69, 9.17) is 0 Å². The molecular formula is C21H21N5O. The number of fused-ring (bicyclic) bond motifs is 2. The number of rotatable bonds is 3. The smallest absolute Gasteiger partial charge is 0.227 e. The van der Waals surface area contributed by atoms with Gasteiger partial charge >= 0.3 is 0 Å². The molecule has 1 aromatic carbocycles. The molecule has 4 aromatic rings. The first-order valence-corrected chi connectivity index (χ1v) is 9.37. The number of benzene rings is 1. The Morgan fingerprint density at radius 2 is 2.04 bits per heavy atom. The van der Waals surface area contributed by atoms with Gasteiger partial charge in [-0.2, -0.15) is 0 Å². The predicted octanol–water partition coefficient (Wildman–Crippen LogP) is 3.43. The highest BCUT2D eigenvalue weighted by atomic mass is 16.2. The zero-order valence-corrected chi connectivity index (χ0v) is 15.2. The van der Waals surface area contributed by atoms with Gasteiger partial charge in [0.1, 0.15) is 0 Å². The highest BCUT2D eigenvalue weighted by Gasteiger charge is 2.33. The van der Waals surface area contributed by atoms with Crippen molar-refractivity contribution in [3.05, 3.63) is 65.7 Å². The number of pyridine rings is 1. The summed E-state index contributed by atoms with van der Waals surface area (Å²) in [6.07, 6.45) is 4.29. The van der Waals surface area contributed by atoms with Crippen LogP contribution in [0.2, 0.25) is 0 Å². The fourth-order valence-electron chi connectivity index (χ4n) is 4.24. The molecule has 27 heavy (non-hydrogen) atoms. The minimum absolute atomic E-state index is 0.0135. The Hall–Kier alpha value is -3.15. The lowest BCUT2D eigenvalue weighted by molar-refractivity contribution is -0.131. The van der Waals surface area contributed by atoms with E-state index in [1.165, 1.54) is 0 Å². The first-order valence-electron chi connectivity index (χ1n) is 9.37. The topological polar surface area (TPSA) is 66.3 Å². The van der Waals surface area contributed by atoms with Crippen molar-refractivity contribution in [1.82, 2.24) is 24.5 Å². The average Bonchev–Trinajstić information content (AvgIpc) is 3.39. The van der Waals surface area contributed by atoms with Gasteiger partial charge in [0, 0.05) is 29.3 Å². The van der Waals surface area contributed by atoms with Crippen LogP contribution in [0.25, 0.3) is 16.6 Å². The van der Waals surface area contributed by atoms with E-state index < -0.39 is 0 Å². The van der Waals surface area contributed by atoms with E-state index in [1.807, 2.05) is 52.8 Å². The summed E-state index contributed by atoms with van der Waals surface area (Å²) in [6.45, 7) is 2.81. The fraction of sp³-hybridized carbons (Fsp3) is 0.286. The SMILES string of the molecule is Cc1[nH]c2ccccc2c1CC(=O)N1CCCC1c1nnc2ccccn12. The van der Waals surface area contributed by atoms with Gasteiger partial charge in [-0.05, 0) is 43.5 Å². The predicted molar refractivity (Wildman–Crippen MR) is 103 cm³/mol. The molecule has 4 heterocycles. The number of likely N-dealkylation sites (tertiary alicyclic amines) is 1. The van der Waals surface area contributed by atoms with Gasteiger partial charge in [-0.25, -0.2) is 0 Å². The van der Waals surface area contributed by atoms with Crippen molar-refractivity contribution in [3.8, 4) is 0 Å². The second kappa shape index (κ2) is 6.23. The van der Waals surface area contributed by atoms with Crippen molar-refractivity contribution in [3.63, 3.8) is 0 Å². The summed E-state index contributed by atoms with van der Waals surface area (Å²) < 4.78 is 1.99. The zero-order chi connectivity index (χ0) is 18.4. The number of aromatic amines is 1. The van der Waals surface area contributed by atoms with Crippen LogP contribution in [0.15, 0.2) is 48.7 Å². The summed E-state index contributed by atoms with van der Waals surface area (Å²) in [5.41, 5.74) is 4.05. The lowest BCUT2D eigenvalue weighted by atomic mass is 10.1. The van der Waals surface area contributed by atoms with Crippen LogP contribution in [0.1, 0.15) is 36.0 Å². The number of amides is 1. The van der Waals surface area contributed by atoms with Crippen LogP contribution in [0.3, 0.4) is 0 Å². The van der Waals surface area contributed by atoms with Crippen molar-refractivity contribution >= 4 is 22.5 Å². The summed E-state index contributed by atoms with van der Waals surface area (Å²) >= 11 is 0. The zero-order valence-electron chi connectivity index (χ0n) is 15.2. The summed E-state index contributed by atoms with van der Waals surface area (Å²) in [7, 11) is 0. The third kappa shape index (κ3) is 2.60. The molecule has 1 aliphatic rings. The average molecular weight is 359 g/mol. The van der Waals surface area contributed by atoms with Gasteiger partial charge in [0.05, 0.1) is 12.5 Å². The Kier molecular flexibility index (Phi) is 3.70. The number of H-pyrrole nitrogens is 1. The molecule has 1 unspecified atom stereocenters. The molecule has 0 aliphatic carbocycles. The highest BCUT2D eigenvalue weighted by molar-refractivity contribution is 5.90. The Morgan fingerprint density at radius 3 is 2.96 bits per heavy atom. The van der Waals surface area contributed by atoms with Crippen molar-refractivity contribution in [2.75, 3.05) is 6.54 Å². The molecule has 0 spiro atoms. The Balaban J connectivity index is 1.46. The fourth-order valence-corrected chi connectivity index (χ4v) is 4.24. The Morgan fingerprint density at radius 1 is 1.19 bits per heavy atom. The Labute approximate surface area is 156 Å². The molecule has 1 saturated heterocycles. The molecule has 1 fully saturated rings. The van der Waals surface area contributed by atoms with E-state index in [0.717, 1.165) is 53.0 Å². The van der Waals surface area contributed by atoms with Crippen LogP contribution >= 0.6 is 0 Å².